The highest BCUT2D eigenvalue weighted by molar-refractivity contribution is 5.52. The molecule has 1 saturated carbocycles. The van der Waals surface area contributed by atoms with Crippen molar-refractivity contribution in [3.05, 3.63) is 0 Å². The number of nitrogens with one attached hydrogen (secondary N) is 1. The fraction of sp³-hybridized carbons (Fsp3) is 0.857. The number of nitrogens with zero attached hydrogens (tertiary/aromatic N) is 2. The highest BCUT2D eigenvalue weighted by Gasteiger charge is 2.06. The Labute approximate surface area is 72.7 Å². The molecule has 0 aromatic rings. The lowest BCUT2D eigenvalue weighted by Gasteiger charge is -2.15. The van der Waals surface area contributed by atoms with Gasteiger partial charge >= 0.3 is 0 Å². The Balaban J connectivity index is 0.000000217. The maximum absolute atomic E-state index is 6.00. The molecule has 0 amide bonds. The second-order valence-corrected chi connectivity index (χ2v) is 2.79. The van der Waals surface area contributed by atoms with Crippen LogP contribution in [0, 0.1) is 5.53 Å². The molecule has 0 aliphatic heterocycles. The van der Waals surface area contributed by atoms with E-state index in [1.807, 2.05) is 0 Å². The summed E-state index contributed by atoms with van der Waals surface area (Å²) in [5.74, 6) is 4.49. The molecule has 5 N–H and O–H groups in total. The Morgan fingerprint density at radius 2 is 1.83 bits per heavy atom. The van der Waals surface area contributed by atoms with E-state index in [1.165, 1.54) is 32.1 Å². The minimum Gasteiger partial charge on any atom is -0.328 e. The molecule has 0 saturated heterocycles. The van der Waals surface area contributed by atoms with Crippen molar-refractivity contribution in [1.82, 2.24) is 0 Å². The molecule has 12 heavy (non-hydrogen) atoms. The van der Waals surface area contributed by atoms with Gasteiger partial charge in [-0.2, -0.15) is 5.10 Å². The zero-order chi connectivity index (χ0) is 9.23. The van der Waals surface area contributed by atoms with Crippen molar-refractivity contribution in [3.8, 4) is 0 Å². The fourth-order valence-electron chi connectivity index (χ4n) is 1.17. The molecule has 70 valence electrons. The van der Waals surface area contributed by atoms with Crippen LogP contribution in [0.5, 0.6) is 0 Å². The molecule has 1 aliphatic rings. The minimum absolute atomic E-state index is 0.536. The summed E-state index contributed by atoms with van der Waals surface area (Å²) in [5, 5.41) is 5.56. The first-order valence-electron chi connectivity index (χ1n) is 4.15. The van der Waals surface area contributed by atoms with Gasteiger partial charge in [0.05, 0.1) is 0 Å². The van der Waals surface area contributed by atoms with Crippen LogP contribution in [-0.4, -0.2) is 12.4 Å². The molecule has 5 heteroatoms. The SMILES string of the molecule is N=NC=NN.NC1CCCCC1. The predicted molar refractivity (Wildman–Crippen MR) is 48.9 cm³/mol. The summed E-state index contributed by atoms with van der Waals surface area (Å²) in [6, 6.07) is 0.536. The van der Waals surface area contributed by atoms with Crippen LogP contribution in [0.4, 0.5) is 0 Å². The van der Waals surface area contributed by atoms with E-state index in [4.69, 9.17) is 11.3 Å². The van der Waals surface area contributed by atoms with Crippen LogP contribution in [0.15, 0.2) is 10.2 Å². The predicted octanol–water partition coefficient (Wildman–Crippen LogP) is 1.20. The van der Waals surface area contributed by atoms with Gasteiger partial charge in [0.15, 0.2) is 6.34 Å². The van der Waals surface area contributed by atoms with E-state index >= 15 is 0 Å². The van der Waals surface area contributed by atoms with E-state index in [2.05, 4.69) is 16.1 Å². The summed E-state index contributed by atoms with van der Waals surface area (Å²) < 4.78 is 0. The molecular formula is C7H17N5. The van der Waals surface area contributed by atoms with Gasteiger partial charge in [0.25, 0.3) is 0 Å². The highest BCUT2D eigenvalue weighted by atomic mass is 15.2. The molecule has 0 bridgehead atoms. The number of rotatable bonds is 1. The van der Waals surface area contributed by atoms with Crippen LogP contribution in [-0.2, 0) is 0 Å². The first-order valence-corrected chi connectivity index (χ1v) is 4.15. The van der Waals surface area contributed by atoms with E-state index in [0.29, 0.717) is 6.04 Å². The average molecular weight is 171 g/mol. The Kier molecular flexibility index (Phi) is 7.47. The minimum atomic E-state index is 0.536. The summed E-state index contributed by atoms with van der Waals surface area (Å²) >= 11 is 0. The van der Waals surface area contributed by atoms with E-state index < -0.39 is 0 Å². The second-order valence-electron chi connectivity index (χ2n) is 2.79. The normalized spacial score (nSPS) is 18.4. The van der Waals surface area contributed by atoms with Crippen LogP contribution in [0.2, 0.25) is 0 Å². The van der Waals surface area contributed by atoms with Crippen molar-refractivity contribution in [2.24, 2.45) is 21.8 Å². The van der Waals surface area contributed by atoms with Crippen molar-refractivity contribution in [3.63, 3.8) is 0 Å². The van der Waals surface area contributed by atoms with Crippen molar-refractivity contribution in [2.45, 2.75) is 38.1 Å². The van der Waals surface area contributed by atoms with Crippen molar-refractivity contribution in [1.29, 1.82) is 5.53 Å². The van der Waals surface area contributed by atoms with Gasteiger partial charge in [0, 0.05) is 6.04 Å². The van der Waals surface area contributed by atoms with E-state index in [-0.39, 0.29) is 0 Å². The van der Waals surface area contributed by atoms with Crippen LogP contribution in [0.1, 0.15) is 32.1 Å². The van der Waals surface area contributed by atoms with Crippen LogP contribution in [0.25, 0.3) is 0 Å². The van der Waals surface area contributed by atoms with Gasteiger partial charge in [-0.3, -0.25) is 0 Å². The summed E-state index contributed by atoms with van der Waals surface area (Å²) in [4.78, 5) is 0. The van der Waals surface area contributed by atoms with Crippen LogP contribution >= 0.6 is 0 Å². The van der Waals surface area contributed by atoms with Crippen molar-refractivity contribution >= 4 is 6.34 Å². The lowest BCUT2D eigenvalue weighted by atomic mass is 9.97. The van der Waals surface area contributed by atoms with E-state index in [1.54, 1.807) is 0 Å². The van der Waals surface area contributed by atoms with Gasteiger partial charge < -0.3 is 11.6 Å². The van der Waals surface area contributed by atoms with Crippen LogP contribution < -0.4 is 11.6 Å². The zero-order valence-electron chi connectivity index (χ0n) is 7.24. The largest absolute Gasteiger partial charge is 0.328 e. The van der Waals surface area contributed by atoms with Gasteiger partial charge in [-0.1, -0.05) is 19.3 Å². The zero-order valence-corrected chi connectivity index (χ0v) is 7.24. The van der Waals surface area contributed by atoms with Gasteiger partial charge in [-0.05, 0) is 12.8 Å². The second kappa shape index (κ2) is 8.13. The van der Waals surface area contributed by atoms with Crippen molar-refractivity contribution in [2.75, 3.05) is 0 Å². The molecule has 0 atom stereocenters. The maximum atomic E-state index is 6.00. The lowest BCUT2D eigenvalue weighted by molar-refractivity contribution is 0.441. The molecule has 0 heterocycles. The number of hydrogen-bond acceptors (Lipinski definition) is 4. The Hall–Kier alpha value is -0.970. The lowest BCUT2D eigenvalue weighted by Crippen LogP contribution is -2.22. The third-order valence-electron chi connectivity index (χ3n) is 1.77. The summed E-state index contributed by atoms with van der Waals surface area (Å²) in [7, 11) is 0. The molecule has 1 fully saturated rings. The summed E-state index contributed by atoms with van der Waals surface area (Å²) in [6.07, 6.45) is 7.61. The molecule has 1 rings (SSSR count). The fourth-order valence-corrected chi connectivity index (χ4v) is 1.17. The Morgan fingerprint density at radius 3 is 2.00 bits per heavy atom. The van der Waals surface area contributed by atoms with E-state index in [9.17, 15) is 0 Å². The first-order chi connectivity index (χ1) is 5.81. The first kappa shape index (κ1) is 11.0. The third-order valence-corrected chi connectivity index (χ3v) is 1.77. The summed E-state index contributed by atoms with van der Waals surface area (Å²) in [5.41, 5.74) is 11.6. The molecular weight excluding hydrogens is 154 g/mol. The quantitative estimate of drug-likeness (QED) is 0.181. The summed E-state index contributed by atoms with van der Waals surface area (Å²) in [6.45, 7) is 0. The monoisotopic (exact) mass is 171 g/mol. The molecule has 5 nitrogen and oxygen atoms in total. The van der Waals surface area contributed by atoms with Gasteiger partial charge in [0.2, 0.25) is 0 Å². The number of nitrogens with two attached hydrogens (primary N) is 2. The van der Waals surface area contributed by atoms with Gasteiger partial charge in [-0.15, -0.1) is 5.11 Å². The Morgan fingerprint density at radius 1 is 1.25 bits per heavy atom. The van der Waals surface area contributed by atoms with Gasteiger partial charge in [-0.25, -0.2) is 5.53 Å². The van der Waals surface area contributed by atoms with Crippen molar-refractivity contribution < 1.29 is 0 Å². The molecule has 0 unspecified atom stereocenters. The third kappa shape index (κ3) is 7.14. The molecule has 0 aromatic heterocycles. The molecule has 0 aromatic carbocycles. The highest BCUT2D eigenvalue weighted by Crippen LogP contribution is 2.14. The molecule has 0 spiro atoms. The van der Waals surface area contributed by atoms with E-state index in [0.717, 1.165) is 6.34 Å². The molecule has 0 radical (unpaired) electrons. The average Bonchev–Trinajstić information content (AvgIpc) is 2.08. The Bertz CT molecular complexity index is 128. The molecule has 1 aliphatic carbocycles. The standard InChI is InChI=1S/C6H13N.CH4N4/c7-6-4-2-1-3-5-6;2-4-1-5-3/h6H,1-5,7H2;1-2H,3H2. The number of hydrogen-bond donors (Lipinski definition) is 3. The van der Waals surface area contributed by atoms with Crippen LogP contribution in [0.3, 0.4) is 0 Å². The smallest absolute Gasteiger partial charge is 0.156 e. The van der Waals surface area contributed by atoms with Gasteiger partial charge in [0.1, 0.15) is 0 Å². The number of hydrazone groups is 1. The maximum Gasteiger partial charge on any atom is 0.156 e. The topological polar surface area (TPSA) is 101 Å².